The van der Waals surface area contributed by atoms with Crippen molar-refractivity contribution in [3.8, 4) is 22.8 Å². The molecule has 0 radical (unpaired) electrons. The van der Waals surface area contributed by atoms with Gasteiger partial charge in [-0.05, 0) is 53.5 Å². The summed E-state index contributed by atoms with van der Waals surface area (Å²) < 4.78 is 11.5. The first-order valence-electron chi connectivity index (χ1n) is 10.3. The van der Waals surface area contributed by atoms with Crippen molar-refractivity contribution in [3.05, 3.63) is 65.9 Å². The third-order valence-electron chi connectivity index (χ3n) is 4.75. The number of benzene rings is 2. The summed E-state index contributed by atoms with van der Waals surface area (Å²) in [5.41, 5.74) is 11.1. The molecule has 2 aromatic heterocycles. The number of hydrogen-bond donors (Lipinski definition) is 2. The maximum atomic E-state index is 13.1. The van der Waals surface area contributed by atoms with Crippen LogP contribution in [0.3, 0.4) is 0 Å². The van der Waals surface area contributed by atoms with Crippen molar-refractivity contribution in [1.82, 2.24) is 30.7 Å². The molecule has 0 aliphatic rings. The van der Waals surface area contributed by atoms with E-state index in [9.17, 15) is 4.79 Å². The van der Waals surface area contributed by atoms with E-state index in [1.807, 2.05) is 44.2 Å². The van der Waals surface area contributed by atoms with Gasteiger partial charge in [-0.3, -0.25) is 4.79 Å². The van der Waals surface area contributed by atoms with Gasteiger partial charge in [-0.1, -0.05) is 42.5 Å². The van der Waals surface area contributed by atoms with Crippen LogP contribution < -0.4 is 15.9 Å². The number of carbonyl (C=O) groups excluding carboxylic acids is 1. The summed E-state index contributed by atoms with van der Waals surface area (Å²) in [5.74, 6) is 0.276. The molecule has 0 spiro atoms. The summed E-state index contributed by atoms with van der Waals surface area (Å²) in [6.45, 7) is 4.39. The Morgan fingerprint density at radius 2 is 1.88 bits per heavy atom. The minimum absolute atomic E-state index is 0.00872. The number of hydrazone groups is 1. The maximum absolute atomic E-state index is 13.1. The van der Waals surface area contributed by atoms with E-state index in [4.69, 9.17) is 15.1 Å². The van der Waals surface area contributed by atoms with Gasteiger partial charge in [0.05, 0.1) is 12.3 Å². The monoisotopic (exact) mass is 446 g/mol. The second-order valence-corrected chi connectivity index (χ2v) is 6.85. The molecule has 0 bridgehead atoms. The lowest BCUT2D eigenvalue weighted by Crippen LogP contribution is -2.21. The second kappa shape index (κ2) is 9.73. The molecule has 168 valence electrons. The van der Waals surface area contributed by atoms with Crippen LogP contribution in [0.2, 0.25) is 0 Å². The number of nitrogens with two attached hydrogens (primary N) is 1. The highest BCUT2D eigenvalue weighted by atomic mass is 16.6. The molecule has 4 rings (SSSR count). The second-order valence-electron chi connectivity index (χ2n) is 6.85. The zero-order chi connectivity index (χ0) is 23.2. The Kier molecular flexibility index (Phi) is 6.39. The molecule has 11 heteroatoms. The van der Waals surface area contributed by atoms with Crippen LogP contribution in [0, 0.1) is 0 Å². The molecule has 1 amide bonds. The van der Waals surface area contributed by atoms with Crippen LogP contribution in [0.25, 0.3) is 17.1 Å². The first-order chi connectivity index (χ1) is 16.1. The lowest BCUT2D eigenvalue weighted by Gasteiger charge is -2.08. The minimum Gasteiger partial charge on any atom is -0.494 e. The van der Waals surface area contributed by atoms with E-state index in [1.165, 1.54) is 4.68 Å². The predicted octanol–water partition coefficient (Wildman–Crippen LogP) is 2.84. The quantitative estimate of drug-likeness (QED) is 0.310. The van der Waals surface area contributed by atoms with Gasteiger partial charge in [0.1, 0.15) is 11.4 Å². The molecule has 4 aromatic rings. The third-order valence-corrected chi connectivity index (χ3v) is 4.75. The molecule has 0 saturated heterocycles. The fourth-order valence-electron chi connectivity index (χ4n) is 3.21. The summed E-state index contributed by atoms with van der Waals surface area (Å²) >= 11 is 0. The van der Waals surface area contributed by atoms with Crippen molar-refractivity contribution in [2.75, 3.05) is 12.3 Å². The summed E-state index contributed by atoms with van der Waals surface area (Å²) in [5, 5.41) is 19.8. The van der Waals surface area contributed by atoms with Crippen molar-refractivity contribution in [1.29, 1.82) is 0 Å². The zero-order valence-corrected chi connectivity index (χ0v) is 18.1. The van der Waals surface area contributed by atoms with E-state index >= 15 is 0 Å². The van der Waals surface area contributed by atoms with E-state index in [2.05, 4.69) is 31.2 Å². The van der Waals surface area contributed by atoms with E-state index in [-0.39, 0.29) is 17.3 Å². The van der Waals surface area contributed by atoms with Gasteiger partial charge in [0.25, 0.3) is 5.91 Å². The summed E-state index contributed by atoms with van der Waals surface area (Å²) in [6.07, 6.45) is 0.629. The predicted molar refractivity (Wildman–Crippen MR) is 121 cm³/mol. The van der Waals surface area contributed by atoms with Crippen LogP contribution in [0.5, 0.6) is 5.75 Å². The van der Waals surface area contributed by atoms with Gasteiger partial charge in [-0.15, -0.1) is 5.10 Å². The number of anilines is 1. The van der Waals surface area contributed by atoms with Gasteiger partial charge in [-0.25, -0.2) is 10.1 Å². The van der Waals surface area contributed by atoms with Gasteiger partial charge in [-0.2, -0.15) is 9.78 Å². The molecule has 0 aliphatic carbocycles. The average Bonchev–Trinajstić information content (AvgIpc) is 3.47. The lowest BCUT2D eigenvalue weighted by molar-refractivity contribution is 0.0950. The Balaban J connectivity index is 1.72. The summed E-state index contributed by atoms with van der Waals surface area (Å²) in [7, 11) is 0. The van der Waals surface area contributed by atoms with E-state index in [0.29, 0.717) is 30.0 Å². The fraction of sp³-hybridized carbons (Fsp3) is 0.182. The smallest absolute Gasteiger partial charge is 0.294 e. The van der Waals surface area contributed by atoms with Crippen molar-refractivity contribution in [2.24, 2.45) is 5.10 Å². The Morgan fingerprint density at radius 1 is 1.12 bits per heavy atom. The van der Waals surface area contributed by atoms with Crippen LogP contribution >= 0.6 is 0 Å². The summed E-state index contributed by atoms with van der Waals surface area (Å²) in [4.78, 5) is 13.1. The lowest BCUT2D eigenvalue weighted by atomic mass is 10.1. The highest BCUT2D eigenvalue weighted by Crippen LogP contribution is 2.28. The Morgan fingerprint density at radius 3 is 2.52 bits per heavy atom. The number of ether oxygens (including phenoxy) is 1. The first-order valence-corrected chi connectivity index (χ1v) is 10.3. The zero-order valence-electron chi connectivity index (χ0n) is 18.1. The molecule has 0 aliphatic heterocycles. The topological polar surface area (TPSA) is 146 Å². The van der Waals surface area contributed by atoms with Gasteiger partial charge >= 0.3 is 0 Å². The van der Waals surface area contributed by atoms with Gasteiger partial charge in [0.2, 0.25) is 11.6 Å². The average molecular weight is 446 g/mol. The van der Waals surface area contributed by atoms with Gasteiger partial charge < -0.3 is 10.5 Å². The normalized spacial score (nSPS) is 11.4. The first kappa shape index (κ1) is 21.7. The maximum Gasteiger partial charge on any atom is 0.294 e. The molecule has 0 fully saturated rings. The van der Waals surface area contributed by atoms with Crippen LogP contribution in [-0.4, -0.2) is 43.5 Å². The van der Waals surface area contributed by atoms with Crippen molar-refractivity contribution >= 4 is 17.4 Å². The van der Waals surface area contributed by atoms with Crippen LogP contribution in [0.1, 0.15) is 36.3 Å². The van der Waals surface area contributed by atoms with E-state index in [1.54, 1.807) is 24.3 Å². The number of carbonyl (C=O) groups is 1. The molecule has 0 saturated carbocycles. The Bertz CT molecular complexity index is 1260. The van der Waals surface area contributed by atoms with Crippen molar-refractivity contribution in [2.45, 2.75) is 20.3 Å². The van der Waals surface area contributed by atoms with Crippen molar-refractivity contribution < 1.29 is 14.2 Å². The number of nitrogens with one attached hydrogen (secondary N) is 1. The van der Waals surface area contributed by atoms with E-state index in [0.717, 1.165) is 11.3 Å². The number of amides is 1. The number of aromatic nitrogens is 5. The number of hydrogen-bond acceptors (Lipinski definition) is 9. The van der Waals surface area contributed by atoms with Gasteiger partial charge in [0, 0.05) is 5.56 Å². The third kappa shape index (κ3) is 4.56. The van der Waals surface area contributed by atoms with Crippen LogP contribution in [0.4, 0.5) is 5.82 Å². The molecule has 2 aromatic carbocycles. The number of nitrogens with zero attached hydrogens (tertiary/aromatic N) is 6. The van der Waals surface area contributed by atoms with E-state index < -0.39 is 5.91 Å². The molecule has 33 heavy (non-hydrogen) atoms. The SMILES string of the molecule is CCOc1ccc(-c2c(C(=O)NN=C(CC)c3ccccc3)nnn2-c2nonc2N)cc1. The molecule has 2 heterocycles. The fourth-order valence-corrected chi connectivity index (χ4v) is 3.21. The molecule has 3 N–H and O–H groups in total. The summed E-state index contributed by atoms with van der Waals surface area (Å²) in [6, 6.07) is 16.7. The highest BCUT2D eigenvalue weighted by Gasteiger charge is 2.25. The minimum atomic E-state index is -0.540. The molecular formula is C22H22N8O3. The van der Waals surface area contributed by atoms with Crippen LogP contribution in [0.15, 0.2) is 64.3 Å². The standard InChI is InChI=1S/C22H22N8O3/c1-3-17(14-8-6-5-7-9-14)24-26-22(31)18-19(15-10-12-16(13-11-15)32-4-2)30(29-25-18)21-20(23)27-33-28-21/h5-13H,3-4H2,1-2H3,(H2,23,27)(H,26,31). The molecule has 0 unspecified atom stereocenters. The number of nitrogen functional groups attached to an aromatic ring is 1. The molecule has 0 atom stereocenters. The largest absolute Gasteiger partial charge is 0.494 e. The molecule has 11 nitrogen and oxygen atoms in total. The highest BCUT2D eigenvalue weighted by molar-refractivity contribution is 6.03. The van der Waals surface area contributed by atoms with Gasteiger partial charge in [0.15, 0.2) is 5.69 Å². The number of rotatable bonds is 8. The van der Waals surface area contributed by atoms with Crippen molar-refractivity contribution in [3.63, 3.8) is 0 Å². The molecular weight excluding hydrogens is 424 g/mol. The van der Waals surface area contributed by atoms with Crippen LogP contribution in [-0.2, 0) is 0 Å². The Labute approximate surface area is 189 Å². The Hall–Kier alpha value is -4.54.